The van der Waals surface area contributed by atoms with Gasteiger partial charge in [0.2, 0.25) is 17.7 Å². The summed E-state index contributed by atoms with van der Waals surface area (Å²) in [4.78, 5) is 58.3. The second-order valence-corrected chi connectivity index (χ2v) is 30.6. The molecular weight excluding hydrogens is 939 g/mol. The van der Waals surface area contributed by atoms with Gasteiger partial charge < -0.3 is 40.9 Å². The van der Waals surface area contributed by atoms with Gasteiger partial charge in [0.15, 0.2) is 17.4 Å². The molecule has 2 aliphatic heterocycles. The van der Waals surface area contributed by atoms with Crippen molar-refractivity contribution in [3.63, 3.8) is 0 Å². The van der Waals surface area contributed by atoms with E-state index in [-0.39, 0.29) is 71.4 Å². The van der Waals surface area contributed by atoms with Gasteiger partial charge in [0, 0.05) is 30.5 Å². The van der Waals surface area contributed by atoms with Gasteiger partial charge in [0.1, 0.15) is 30.7 Å². The van der Waals surface area contributed by atoms with Gasteiger partial charge in [-0.1, -0.05) is 69.2 Å². The van der Waals surface area contributed by atoms with Crippen molar-refractivity contribution in [1.29, 1.82) is 5.26 Å². The number of amides is 1. The maximum absolute atomic E-state index is 13.9. The quantitative estimate of drug-likeness (QED) is 0.0781. The highest BCUT2D eigenvalue weighted by Crippen LogP contribution is 2.57. The second kappa shape index (κ2) is 21.6. The van der Waals surface area contributed by atoms with Gasteiger partial charge in [0.25, 0.3) is 5.56 Å². The van der Waals surface area contributed by atoms with Crippen LogP contribution in [0.5, 0.6) is 5.88 Å². The van der Waals surface area contributed by atoms with E-state index in [1.165, 1.54) is 17.2 Å². The van der Waals surface area contributed by atoms with Crippen molar-refractivity contribution in [3.05, 3.63) is 35.3 Å². The summed E-state index contributed by atoms with van der Waals surface area (Å²) >= 11 is 6.21. The Kier molecular flexibility index (Phi) is 17.1. The molecule has 3 N–H and O–H groups in total. The maximum Gasteiger partial charge on any atom is 0.335 e. The van der Waals surface area contributed by atoms with Crippen molar-refractivity contribution in [1.82, 2.24) is 29.5 Å². The Morgan fingerprint density at radius 1 is 1.09 bits per heavy atom. The van der Waals surface area contributed by atoms with Crippen LogP contribution in [0.3, 0.4) is 0 Å². The van der Waals surface area contributed by atoms with Gasteiger partial charge in [-0.15, -0.1) is 0 Å². The maximum atomic E-state index is 13.9. The van der Waals surface area contributed by atoms with Gasteiger partial charge in [-0.2, -0.15) is 10.2 Å². The molecule has 21 nitrogen and oxygen atoms in total. The smallest absolute Gasteiger partial charge is 0.335 e. The predicted octanol–water partition coefficient (Wildman–Crippen LogP) is 6.54. The van der Waals surface area contributed by atoms with Crippen molar-refractivity contribution in [3.8, 4) is 11.9 Å². The van der Waals surface area contributed by atoms with Gasteiger partial charge in [-0.3, -0.25) is 33.5 Å². The number of ether oxygens (including phenoxy) is 2. The molecular formula is C39H62N8O13P2SSi2. The summed E-state index contributed by atoms with van der Waals surface area (Å²) in [6.45, 7) is 14.6. The van der Waals surface area contributed by atoms with Crippen LogP contribution in [0.15, 0.2) is 29.7 Å². The lowest BCUT2D eigenvalue weighted by Crippen LogP contribution is -2.62. The predicted molar refractivity (Wildman–Crippen MR) is 246 cm³/mol. The van der Waals surface area contributed by atoms with Crippen LogP contribution in [0.1, 0.15) is 94.7 Å². The molecule has 0 radical (unpaired) electrons. The summed E-state index contributed by atoms with van der Waals surface area (Å²) in [6.07, 6.45) is -0.911. The monoisotopic (exact) mass is 1000 g/mol. The summed E-state index contributed by atoms with van der Waals surface area (Å²) < 4.78 is 74.8. The van der Waals surface area contributed by atoms with E-state index in [4.69, 9.17) is 52.4 Å². The Labute approximate surface area is 386 Å². The normalized spacial score (nSPS) is 28.0. The van der Waals surface area contributed by atoms with Crippen LogP contribution in [0, 0.1) is 23.2 Å². The molecule has 3 fully saturated rings. The van der Waals surface area contributed by atoms with E-state index >= 15 is 0 Å². The first-order valence-electron chi connectivity index (χ1n) is 21.9. The third-order valence-electron chi connectivity index (χ3n) is 11.9. The number of carbonyl (C=O) groups excluding carboxylic acids is 1. The zero-order valence-electron chi connectivity index (χ0n) is 38.4. The van der Waals surface area contributed by atoms with Crippen LogP contribution >= 0.6 is 15.0 Å². The number of nitriles is 1. The van der Waals surface area contributed by atoms with Gasteiger partial charge in [-0.05, 0) is 40.4 Å². The molecule has 1 aliphatic carbocycles. The number of aromatic nitrogens is 6. The van der Waals surface area contributed by atoms with Gasteiger partial charge in [-0.25, -0.2) is 15.0 Å². The highest BCUT2D eigenvalue weighted by atomic mass is 32.5. The number of fused-ring (bicyclic) bond motifs is 4. The molecule has 2 bridgehead atoms. The number of nitrogens with one attached hydrogen (secondary N) is 2. The number of carbonyl (C=O) groups is 1. The van der Waals surface area contributed by atoms with Crippen LogP contribution in [0.25, 0.3) is 11.2 Å². The summed E-state index contributed by atoms with van der Waals surface area (Å²) in [5.74, 6) is -1.02. The molecule has 0 spiro atoms. The van der Waals surface area contributed by atoms with Crippen LogP contribution in [-0.4, -0.2) is 108 Å². The van der Waals surface area contributed by atoms with Crippen LogP contribution in [-0.2, 0) is 57.1 Å². The number of nitrogens with zero attached hydrogens (tertiary/aromatic N) is 6. The lowest BCUT2D eigenvalue weighted by atomic mass is 10.1. The molecule has 2 saturated heterocycles. The fraction of sp³-hybridized carbons (Fsp3) is 0.718. The minimum absolute atomic E-state index is 0.0155. The number of imidazole rings is 1. The third-order valence-corrected chi connectivity index (χ3v) is 24.9. The molecule has 3 aliphatic rings. The molecule has 0 aromatic carbocycles. The molecule has 360 valence electrons. The molecule has 65 heavy (non-hydrogen) atoms. The highest BCUT2D eigenvalue weighted by molar-refractivity contribution is 8.07. The Morgan fingerprint density at radius 3 is 2.45 bits per heavy atom. The average Bonchev–Trinajstić information content (AvgIpc) is 3.93. The fourth-order valence-corrected chi connectivity index (χ4v) is 21.2. The molecule has 2 unspecified atom stereocenters. The van der Waals surface area contributed by atoms with E-state index in [1.54, 1.807) is 26.1 Å². The summed E-state index contributed by atoms with van der Waals surface area (Å²) in [5.41, 5.74) is -1.65. The average molecular weight is 1000 g/mol. The van der Waals surface area contributed by atoms with E-state index in [2.05, 4.69) is 36.3 Å². The summed E-state index contributed by atoms with van der Waals surface area (Å²) in [6, 6.07) is 3.70. The molecule has 26 heteroatoms. The fourth-order valence-electron chi connectivity index (χ4n) is 8.24. The van der Waals surface area contributed by atoms with Crippen molar-refractivity contribution >= 4 is 66.9 Å². The Morgan fingerprint density at radius 2 is 1.82 bits per heavy atom. The number of aromatic amines is 1. The first-order chi connectivity index (χ1) is 30.7. The van der Waals surface area contributed by atoms with E-state index in [9.17, 15) is 24.2 Å². The number of H-pyrrole nitrogens is 1. The Hall–Kier alpha value is -2.86. The molecule has 1 saturated carbocycles. The largest absolute Gasteiger partial charge is 0.474 e. The SMILES string of the molecule is CC(C)C(=O)Nc1nc2c(ncn2[C@@H]2O[C@@H]3CO[PH](=O)O[C@H]4C[C@H](Oc5ccncn5)C[C@@H]4COP(=S)(OCCC#N)O[C@@H]2[C@@H]3O[Si](O[Si](O)(C(C)C)C(C)C)(C(C)C)C(C)C)c(=O)[nH]1. The van der Waals surface area contributed by atoms with Crippen LogP contribution in [0.2, 0.25) is 22.2 Å². The zero-order chi connectivity index (χ0) is 47.4. The Bertz CT molecular complexity index is 2270. The molecule has 3 aromatic rings. The Balaban J connectivity index is 1.49. The van der Waals surface area contributed by atoms with Crippen LogP contribution < -0.4 is 15.6 Å². The highest BCUT2D eigenvalue weighted by Gasteiger charge is 2.60. The summed E-state index contributed by atoms with van der Waals surface area (Å²) in [5, 5.41) is 12.2. The van der Waals surface area contributed by atoms with Crippen molar-refractivity contribution < 1.29 is 54.8 Å². The standard InChI is InChI=1S/C39H62N8O13P2SSi2/c1-22(2)36(48)45-39-44-35-32(37(49)46-39)43-21-47(35)38-34-33(59-65(25(7)8,26(9)10)60-64(51,23(3)4)24(5)6)30(56-38)19-52-61(50)57-29-17-28(55-31-12-14-41-20-42-31)16-27(29)18-54-62(63,58-34)53-15-11-13-40/h12,14,20-30,33-34,38,51,61H,11,15-19H2,1-10H3,(H2,44,45,46,48,49)/t27-,28-,29+,30-,33-,34-,38-,62?/m1/s1. The number of hydrogen-bond acceptors (Lipinski definition) is 19. The molecule has 3 aromatic heterocycles. The molecule has 6 rings (SSSR count). The minimum atomic E-state index is -3.93. The number of rotatable bonds is 16. The van der Waals surface area contributed by atoms with Crippen LogP contribution in [0.4, 0.5) is 5.95 Å². The second-order valence-electron chi connectivity index (χ2n) is 18.0. The number of anilines is 1. The zero-order valence-corrected chi connectivity index (χ0v) is 43.1. The molecule has 9 atom stereocenters. The lowest BCUT2D eigenvalue weighted by molar-refractivity contribution is -0.118. The van der Waals surface area contributed by atoms with Crippen molar-refractivity contribution in [2.24, 2.45) is 11.8 Å². The van der Waals surface area contributed by atoms with Gasteiger partial charge >= 0.3 is 32.1 Å². The van der Waals surface area contributed by atoms with E-state index < -0.39 is 86.2 Å². The van der Waals surface area contributed by atoms with E-state index in [0.29, 0.717) is 18.7 Å². The first-order valence-corrected chi connectivity index (χ1v) is 29.7. The molecule has 1 amide bonds. The topological polar surface area (TPSA) is 263 Å². The number of hydrogen-bond donors (Lipinski definition) is 3. The van der Waals surface area contributed by atoms with Crippen molar-refractivity contribution in [2.45, 2.75) is 147 Å². The van der Waals surface area contributed by atoms with Crippen molar-refractivity contribution in [2.75, 3.05) is 25.1 Å². The van der Waals surface area contributed by atoms with E-state index in [1.807, 2.05) is 55.4 Å². The van der Waals surface area contributed by atoms with E-state index in [0.717, 1.165) is 0 Å². The lowest BCUT2D eigenvalue weighted by Gasteiger charge is -2.47. The molecule has 5 heterocycles. The first kappa shape index (κ1) is 51.5. The minimum Gasteiger partial charge on any atom is -0.474 e. The third kappa shape index (κ3) is 11.7. The van der Waals surface area contributed by atoms with Gasteiger partial charge in [0.05, 0.1) is 44.7 Å². The summed E-state index contributed by atoms with van der Waals surface area (Å²) in [7, 11) is -10.4.